The maximum absolute atomic E-state index is 13.3. The van der Waals surface area contributed by atoms with Gasteiger partial charge in [-0.1, -0.05) is 19.1 Å². The molecule has 1 aromatic rings. The molecule has 0 N–H and O–H groups in total. The van der Waals surface area contributed by atoms with E-state index in [-0.39, 0.29) is 17.8 Å². The lowest BCUT2D eigenvalue weighted by Gasteiger charge is -2.46. The molecule has 2 aliphatic heterocycles. The van der Waals surface area contributed by atoms with Crippen LogP contribution in [0.5, 0.6) is 0 Å². The Bertz CT molecular complexity index is 519. The molecule has 2 bridgehead atoms. The summed E-state index contributed by atoms with van der Waals surface area (Å²) in [7, 11) is 0. The number of carbonyl (C=O) groups excluding carboxylic acids is 1. The van der Waals surface area contributed by atoms with Crippen molar-refractivity contribution in [3.8, 4) is 0 Å². The first-order chi connectivity index (χ1) is 10.2. The largest absolute Gasteiger partial charge is 0.337 e. The van der Waals surface area contributed by atoms with Crippen LogP contribution in [0.15, 0.2) is 24.3 Å². The number of nitrogens with zero attached hydrogens (tertiary/aromatic N) is 2. The van der Waals surface area contributed by atoms with Crippen LogP contribution in [0.25, 0.3) is 0 Å². The number of rotatable bonds is 4. The van der Waals surface area contributed by atoms with E-state index in [0.29, 0.717) is 12.5 Å². The summed E-state index contributed by atoms with van der Waals surface area (Å²) >= 11 is 0. The number of fused-ring (bicyclic) bond motifs is 2. The Balaban J connectivity index is 1.73. The molecule has 4 heteroatoms. The van der Waals surface area contributed by atoms with Gasteiger partial charge in [-0.3, -0.25) is 9.69 Å². The maximum Gasteiger partial charge on any atom is 0.240 e. The molecule has 0 spiro atoms. The lowest BCUT2D eigenvalue weighted by Crippen LogP contribution is -2.58. The minimum absolute atomic E-state index is 0.0472. The molecule has 2 aliphatic rings. The highest BCUT2D eigenvalue weighted by atomic mass is 19.1. The van der Waals surface area contributed by atoms with Gasteiger partial charge in [-0.25, -0.2) is 4.39 Å². The van der Waals surface area contributed by atoms with Crippen LogP contribution < -0.4 is 0 Å². The molecule has 2 heterocycles. The normalized spacial score (nSPS) is 26.2. The summed E-state index contributed by atoms with van der Waals surface area (Å²) in [5, 5.41) is 0. The Morgan fingerprint density at radius 2 is 2.24 bits per heavy atom. The van der Waals surface area contributed by atoms with Gasteiger partial charge in [0.2, 0.25) is 5.91 Å². The van der Waals surface area contributed by atoms with Crippen molar-refractivity contribution < 1.29 is 9.18 Å². The summed E-state index contributed by atoms with van der Waals surface area (Å²) in [6.45, 7) is 5.55. The molecule has 2 saturated heterocycles. The van der Waals surface area contributed by atoms with E-state index >= 15 is 0 Å². The van der Waals surface area contributed by atoms with E-state index in [1.807, 2.05) is 11.0 Å². The van der Waals surface area contributed by atoms with Crippen molar-refractivity contribution in [3.05, 3.63) is 35.6 Å². The molecule has 1 amide bonds. The number of piperidine rings is 2. The van der Waals surface area contributed by atoms with Crippen molar-refractivity contribution in [1.82, 2.24) is 9.80 Å². The minimum atomic E-state index is -0.232. The van der Waals surface area contributed by atoms with Crippen LogP contribution in [-0.4, -0.2) is 41.4 Å². The molecule has 0 unspecified atom stereocenters. The molecule has 0 radical (unpaired) electrons. The second-order valence-corrected chi connectivity index (χ2v) is 6.29. The number of halogens is 1. The third-order valence-electron chi connectivity index (χ3n) is 4.67. The van der Waals surface area contributed by atoms with Gasteiger partial charge in [0.05, 0.1) is 6.04 Å². The van der Waals surface area contributed by atoms with Crippen molar-refractivity contribution in [1.29, 1.82) is 0 Å². The first kappa shape index (κ1) is 14.5. The Labute approximate surface area is 125 Å². The number of amides is 1. The maximum atomic E-state index is 13.3. The molecule has 1 aromatic carbocycles. The molecular weight excluding hydrogens is 267 g/mol. The summed E-state index contributed by atoms with van der Waals surface area (Å²) in [4.78, 5) is 17.0. The van der Waals surface area contributed by atoms with Crippen LogP contribution >= 0.6 is 0 Å². The van der Waals surface area contributed by atoms with E-state index in [2.05, 4.69) is 11.8 Å². The second-order valence-electron chi connectivity index (χ2n) is 6.29. The molecule has 3 rings (SSSR count). The van der Waals surface area contributed by atoms with Gasteiger partial charge >= 0.3 is 0 Å². The predicted octanol–water partition coefficient (Wildman–Crippen LogP) is 2.66. The lowest BCUT2D eigenvalue weighted by molar-refractivity contribution is -0.146. The summed E-state index contributed by atoms with van der Waals surface area (Å²) in [5.41, 5.74) is 0.880. The van der Waals surface area contributed by atoms with E-state index in [0.717, 1.165) is 38.0 Å². The highest BCUT2D eigenvalue weighted by Gasteiger charge is 2.40. The number of benzene rings is 1. The summed E-state index contributed by atoms with van der Waals surface area (Å²) in [6.07, 6.45) is 3.25. The van der Waals surface area contributed by atoms with Gasteiger partial charge in [-0.05, 0) is 56.0 Å². The minimum Gasteiger partial charge on any atom is -0.337 e. The molecule has 0 saturated carbocycles. The van der Waals surface area contributed by atoms with E-state index in [1.54, 1.807) is 6.07 Å². The molecular formula is C17H23FN2O. The number of hydrogen-bond acceptors (Lipinski definition) is 2. The average Bonchev–Trinajstić information content (AvgIpc) is 2.47. The molecule has 114 valence electrons. The number of hydrogen-bond donors (Lipinski definition) is 0. The van der Waals surface area contributed by atoms with Crippen molar-refractivity contribution >= 4 is 5.91 Å². The Morgan fingerprint density at radius 3 is 3.00 bits per heavy atom. The third kappa shape index (κ3) is 3.10. The van der Waals surface area contributed by atoms with Crippen LogP contribution in [-0.2, 0) is 11.3 Å². The van der Waals surface area contributed by atoms with Gasteiger partial charge in [0.25, 0.3) is 0 Å². The van der Waals surface area contributed by atoms with Crippen LogP contribution in [0, 0.1) is 11.7 Å². The van der Waals surface area contributed by atoms with Crippen molar-refractivity contribution in [2.24, 2.45) is 5.92 Å². The summed E-state index contributed by atoms with van der Waals surface area (Å²) in [5.74, 6) is 0.600. The average molecular weight is 290 g/mol. The summed E-state index contributed by atoms with van der Waals surface area (Å²) < 4.78 is 13.3. The SMILES string of the molecule is CCCN1CC[C@H]2C[C@@H]1C(=O)N(Cc1cccc(F)c1)C2. The highest BCUT2D eigenvalue weighted by Crippen LogP contribution is 2.30. The van der Waals surface area contributed by atoms with Gasteiger partial charge in [0.1, 0.15) is 5.82 Å². The standard InChI is InChI=1S/C17H23FN2O/c1-2-7-19-8-6-14-10-16(19)17(21)20(12-14)11-13-4-3-5-15(18)9-13/h3-5,9,14,16H,2,6-8,10-12H2,1H3/t14-,16+/m0/s1. The van der Waals surface area contributed by atoms with Crippen molar-refractivity contribution in [3.63, 3.8) is 0 Å². The van der Waals surface area contributed by atoms with Gasteiger partial charge in [0.15, 0.2) is 0 Å². The molecule has 2 atom stereocenters. The molecule has 3 nitrogen and oxygen atoms in total. The highest BCUT2D eigenvalue weighted by molar-refractivity contribution is 5.83. The molecule has 2 fully saturated rings. The Morgan fingerprint density at radius 1 is 1.38 bits per heavy atom. The fourth-order valence-electron chi connectivity index (χ4n) is 3.68. The molecule has 21 heavy (non-hydrogen) atoms. The van der Waals surface area contributed by atoms with E-state index in [9.17, 15) is 9.18 Å². The smallest absolute Gasteiger partial charge is 0.240 e. The van der Waals surface area contributed by atoms with Gasteiger partial charge in [-0.15, -0.1) is 0 Å². The topological polar surface area (TPSA) is 23.6 Å². The second kappa shape index (κ2) is 6.14. The lowest BCUT2D eigenvalue weighted by atomic mass is 9.85. The van der Waals surface area contributed by atoms with Gasteiger partial charge in [0, 0.05) is 13.1 Å². The monoisotopic (exact) mass is 290 g/mol. The van der Waals surface area contributed by atoms with Crippen molar-refractivity contribution in [2.45, 2.75) is 38.8 Å². The quantitative estimate of drug-likeness (QED) is 0.851. The number of carbonyl (C=O) groups is 1. The van der Waals surface area contributed by atoms with Crippen LogP contribution in [0.4, 0.5) is 4.39 Å². The van der Waals surface area contributed by atoms with Gasteiger partial charge < -0.3 is 4.90 Å². The summed E-state index contributed by atoms with van der Waals surface area (Å²) in [6, 6.07) is 6.63. The van der Waals surface area contributed by atoms with Crippen LogP contribution in [0.1, 0.15) is 31.7 Å². The fourth-order valence-corrected chi connectivity index (χ4v) is 3.68. The van der Waals surface area contributed by atoms with Crippen molar-refractivity contribution in [2.75, 3.05) is 19.6 Å². The number of likely N-dealkylation sites (tertiary alicyclic amines) is 2. The Hall–Kier alpha value is -1.42. The zero-order chi connectivity index (χ0) is 14.8. The van der Waals surface area contributed by atoms with E-state index < -0.39 is 0 Å². The van der Waals surface area contributed by atoms with E-state index in [1.165, 1.54) is 18.6 Å². The van der Waals surface area contributed by atoms with Crippen LogP contribution in [0.2, 0.25) is 0 Å². The Kier molecular flexibility index (Phi) is 4.24. The molecule has 0 aromatic heterocycles. The fraction of sp³-hybridized carbons (Fsp3) is 0.588. The van der Waals surface area contributed by atoms with Crippen LogP contribution in [0.3, 0.4) is 0 Å². The first-order valence-electron chi connectivity index (χ1n) is 7.94. The zero-order valence-corrected chi connectivity index (χ0v) is 12.6. The zero-order valence-electron chi connectivity index (χ0n) is 12.6. The molecule has 0 aliphatic carbocycles. The first-order valence-corrected chi connectivity index (χ1v) is 7.94. The van der Waals surface area contributed by atoms with Gasteiger partial charge in [-0.2, -0.15) is 0 Å². The van der Waals surface area contributed by atoms with E-state index in [4.69, 9.17) is 0 Å². The third-order valence-corrected chi connectivity index (χ3v) is 4.67. The predicted molar refractivity (Wildman–Crippen MR) is 80.2 cm³/mol.